The maximum atomic E-state index is 11.0. The first-order chi connectivity index (χ1) is 14.1. The number of carbonyl (C=O) groups is 1. The number of aliphatic hydroxyl groups excluding tert-OH is 1. The van der Waals surface area contributed by atoms with Crippen molar-refractivity contribution in [1.82, 2.24) is 19.2 Å². The van der Waals surface area contributed by atoms with Gasteiger partial charge in [0.25, 0.3) is 0 Å². The van der Waals surface area contributed by atoms with Crippen LogP contribution in [0.3, 0.4) is 0 Å². The second-order valence-electron chi connectivity index (χ2n) is 8.04. The molecule has 8 nitrogen and oxygen atoms in total. The number of nitrogens with zero attached hydrogens (tertiary/aromatic N) is 4. The number of aromatic nitrogens is 4. The van der Waals surface area contributed by atoms with Gasteiger partial charge in [0, 0.05) is 18.0 Å². The largest absolute Gasteiger partial charge is 0.392 e. The first kappa shape index (κ1) is 21.6. The van der Waals surface area contributed by atoms with Gasteiger partial charge in [-0.1, -0.05) is 12.1 Å². The maximum Gasteiger partial charge on any atom is 0.154 e. The van der Waals surface area contributed by atoms with Crippen LogP contribution < -0.4 is 0 Å². The predicted molar refractivity (Wildman–Crippen MR) is 112 cm³/mol. The summed E-state index contributed by atoms with van der Waals surface area (Å²) in [7, 11) is 0. The summed E-state index contributed by atoms with van der Waals surface area (Å²) in [5.41, 5.74) is 1.46. The van der Waals surface area contributed by atoms with E-state index in [-0.39, 0.29) is 6.61 Å². The SMILES string of the molecule is CC(C)(O)c1nn2ccccc2c1C=O.CC(C)(O)c1nn2ccccc2c1CO. The molecule has 4 heterocycles. The summed E-state index contributed by atoms with van der Waals surface area (Å²) in [5.74, 6) is 0. The van der Waals surface area contributed by atoms with Crippen molar-refractivity contribution in [3.63, 3.8) is 0 Å². The van der Waals surface area contributed by atoms with E-state index in [0.717, 1.165) is 11.8 Å². The van der Waals surface area contributed by atoms with Crippen LogP contribution in [0.4, 0.5) is 0 Å². The number of carbonyl (C=O) groups excluding carboxylic acids is 1. The van der Waals surface area contributed by atoms with Crippen LogP contribution in [0.15, 0.2) is 48.8 Å². The zero-order valence-electron chi connectivity index (χ0n) is 17.4. The lowest BCUT2D eigenvalue weighted by atomic mass is 10.0. The molecule has 4 aromatic heterocycles. The minimum atomic E-state index is -1.11. The molecule has 0 saturated heterocycles. The van der Waals surface area contributed by atoms with E-state index in [0.29, 0.717) is 28.0 Å². The van der Waals surface area contributed by atoms with Crippen LogP contribution in [0.2, 0.25) is 0 Å². The zero-order chi connectivity index (χ0) is 22.1. The van der Waals surface area contributed by atoms with Crippen LogP contribution in [0, 0.1) is 0 Å². The van der Waals surface area contributed by atoms with Crippen molar-refractivity contribution in [2.45, 2.75) is 45.5 Å². The second-order valence-corrected chi connectivity index (χ2v) is 8.04. The molecule has 0 atom stereocenters. The van der Waals surface area contributed by atoms with E-state index in [2.05, 4.69) is 10.2 Å². The van der Waals surface area contributed by atoms with Gasteiger partial charge in [0.1, 0.15) is 16.9 Å². The topological polar surface area (TPSA) is 112 Å². The van der Waals surface area contributed by atoms with E-state index in [1.165, 1.54) is 0 Å². The number of pyridine rings is 2. The van der Waals surface area contributed by atoms with Crippen LogP contribution >= 0.6 is 0 Å². The van der Waals surface area contributed by atoms with Gasteiger partial charge in [-0.3, -0.25) is 4.79 Å². The molecule has 0 spiro atoms. The van der Waals surface area contributed by atoms with Crippen LogP contribution in [0.25, 0.3) is 11.0 Å². The van der Waals surface area contributed by atoms with Gasteiger partial charge >= 0.3 is 0 Å². The summed E-state index contributed by atoms with van der Waals surface area (Å²) in [6.07, 6.45) is 4.27. The molecule has 0 unspecified atom stereocenters. The van der Waals surface area contributed by atoms with Gasteiger partial charge in [-0.2, -0.15) is 10.2 Å². The summed E-state index contributed by atoms with van der Waals surface area (Å²) < 4.78 is 3.26. The van der Waals surface area contributed by atoms with Gasteiger partial charge in [0.2, 0.25) is 0 Å². The summed E-state index contributed by atoms with van der Waals surface area (Å²) in [4.78, 5) is 11.0. The quantitative estimate of drug-likeness (QED) is 0.446. The molecule has 0 aromatic carbocycles. The molecular formula is C22H26N4O4. The van der Waals surface area contributed by atoms with Gasteiger partial charge in [0.15, 0.2) is 6.29 Å². The van der Waals surface area contributed by atoms with Crippen molar-refractivity contribution in [3.8, 4) is 0 Å². The number of aliphatic hydroxyl groups is 3. The Morgan fingerprint density at radius 1 is 0.867 bits per heavy atom. The lowest BCUT2D eigenvalue weighted by Gasteiger charge is -2.15. The van der Waals surface area contributed by atoms with Crippen LogP contribution in [0.1, 0.15) is 55.0 Å². The second kappa shape index (κ2) is 7.98. The summed E-state index contributed by atoms with van der Waals surface area (Å²) in [6, 6.07) is 11.1. The number of hydrogen-bond acceptors (Lipinski definition) is 6. The Morgan fingerprint density at radius 3 is 1.87 bits per heavy atom. The molecule has 0 aliphatic carbocycles. The lowest BCUT2D eigenvalue weighted by Crippen LogP contribution is -2.18. The maximum absolute atomic E-state index is 11.0. The summed E-state index contributed by atoms with van der Waals surface area (Å²) in [6.45, 7) is 6.43. The number of aldehydes is 1. The van der Waals surface area contributed by atoms with E-state index in [1.54, 1.807) is 55.2 Å². The molecule has 8 heteroatoms. The summed E-state index contributed by atoms with van der Waals surface area (Å²) >= 11 is 0. The molecule has 158 valence electrons. The molecule has 4 rings (SSSR count). The normalized spacial score (nSPS) is 12.1. The van der Waals surface area contributed by atoms with E-state index in [9.17, 15) is 20.1 Å². The monoisotopic (exact) mass is 410 g/mol. The zero-order valence-corrected chi connectivity index (χ0v) is 17.4. The minimum absolute atomic E-state index is 0.118. The third-order valence-electron chi connectivity index (χ3n) is 4.66. The Hall–Kier alpha value is -3.07. The highest BCUT2D eigenvalue weighted by molar-refractivity contribution is 5.88. The van der Waals surface area contributed by atoms with Crippen LogP contribution in [-0.4, -0.2) is 40.8 Å². The smallest absolute Gasteiger partial charge is 0.154 e. The van der Waals surface area contributed by atoms with Crippen LogP contribution in [-0.2, 0) is 17.8 Å². The van der Waals surface area contributed by atoms with Gasteiger partial charge < -0.3 is 15.3 Å². The van der Waals surface area contributed by atoms with Crippen molar-refractivity contribution in [2.75, 3.05) is 0 Å². The third kappa shape index (κ3) is 4.11. The van der Waals surface area contributed by atoms with Crippen molar-refractivity contribution in [3.05, 3.63) is 71.3 Å². The van der Waals surface area contributed by atoms with Crippen molar-refractivity contribution < 1.29 is 20.1 Å². The minimum Gasteiger partial charge on any atom is -0.392 e. The van der Waals surface area contributed by atoms with Crippen molar-refractivity contribution in [2.24, 2.45) is 0 Å². The lowest BCUT2D eigenvalue weighted by molar-refractivity contribution is 0.0709. The average Bonchev–Trinajstić information content (AvgIpc) is 3.26. The first-order valence-corrected chi connectivity index (χ1v) is 9.53. The fourth-order valence-corrected chi connectivity index (χ4v) is 3.28. The Bertz CT molecular complexity index is 1180. The molecule has 0 fully saturated rings. The molecule has 0 aliphatic rings. The van der Waals surface area contributed by atoms with Crippen molar-refractivity contribution >= 4 is 17.3 Å². The predicted octanol–water partition coefficient (Wildman–Crippen LogP) is 2.43. The van der Waals surface area contributed by atoms with E-state index < -0.39 is 11.2 Å². The fourth-order valence-electron chi connectivity index (χ4n) is 3.28. The highest BCUT2D eigenvalue weighted by Gasteiger charge is 2.26. The third-order valence-corrected chi connectivity index (χ3v) is 4.66. The molecular weight excluding hydrogens is 384 g/mol. The van der Waals surface area contributed by atoms with Gasteiger partial charge in [-0.05, 0) is 52.0 Å². The molecule has 0 radical (unpaired) electrons. The average molecular weight is 410 g/mol. The highest BCUT2D eigenvalue weighted by Crippen LogP contribution is 2.26. The molecule has 0 aliphatic heterocycles. The van der Waals surface area contributed by atoms with Gasteiger partial charge in [0.05, 0.1) is 28.9 Å². The van der Waals surface area contributed by atoms with E-state index in [1.807, 2.05) is 30.3 Å². The number of fused-ring (bicyclic) bond motifs is 2. The Labute approximate surface area is 174 Å². The number of rotatable bonds is 4. The van der Waals surface area contributed by atoms with Gasteiger partial charge in [-0.15, -0.1) is 0 Å². The molecule has 0 bridgehead atoms. The molecule has 0 saturated carbocycles. The Morgan fingerprint density at radius 2 is 1.37 bits per heavy atom. The highest BCUT2D eigenvalue weighted by atomic mass is 16.3. The Kier molecular flexibility index (Phi) is 5.76. The Balaban J connectivity index is 0.000000171. The van der Waals surface area contributed by atoms with E-state index >= 15 is 0 Å². The molecule has 4 aromatic rings. The fraction of sp³-hybridized carbons (Fsp3) is 0.318. The van der Waals surface area contributed by atoms with E-state index in [4.69, 9.17) is 0 Å². The molecule has 30 heavy (non-hydrogen) atoms. The summed E-state index contributed by atoms with van der Waals surface area (Å²) in [5, 5.41) is 37.5. The van der Waals surface area contributed by atoms with Gasteiger partial charge in [-0.25, -0.2) is 9.03 Å². The molecule has 0 amide bonds. The first-order valence-electron chi connectivity index (χ1n) is 9.53. The number of hydrogen-bond donors (Lipinski definition) is 3. The van der Waals surface area contributed by atoms with Crippen molar-refractivity contribution in [1.29, 1.82) is 0 Å². The molecule has 3 N–H and O–H groups in total. The standard InChI is InChI=1S/C11H14N2O2.C11H12N2O2/c2*1-11(2,15)10-8(7-14)9-5-3-4-6-13(9)12-10/h3-6,14-15H,7H2,1-2H3;3-7,15H,1-2H3. The van der Waals surface area contributed by atoms with Crippen LogP contribution in [0.5, 0.6) is 0 Å².